The lowest BCUT2D eigenvalue weighted by Gasteiger charge is -2.48. The fraction of sp³-hybridized carbons (Fsp3) is 0.650. The summed E-state index contributed by atoms with van der Waals surface area (Å²) in [5.74, 6) is 0.268. The summed E-state index contributed by atoms with van der Waals surface area (Å²) in [7, 11) is 0. The van der Waals surface area contributed by atoms with Crippen LogP contribution in [0.1, 0.15) is 37.7 Å². The molecule has 1 atom stereocenters. The molecule has 1 unspecified atom stereocenters. The van der Waals surface area contributed by atoms with Gasteiger partial charge in [-0.15, -0.1) is 11.8 Å². The highest BCUT2D eigenvalue weighted by Crippen LogP contribution is 2.39. The van der Waals surface area contributed by atoms with Gasteiger partial charge >= 0.3 is 0 Å². The van der Waals surface area contributed by atoms with E-state index < -0.39 is 0 Å². The lowest BCUT2D eigenvalue weighted by molar-refractivity contribution is -0.139. The van der Waals surface area contributed by atoms with E-state index in [-0.39, 0.29) is 17.9 Å². The molecule has 0 aromatic heterocycles. The number of carbonyl (C=O) groups is 1. The standard InChI is InChI=1S/C20H30N2O2S/c1-25-18-7-3-2-6-17(18)14-21-11-4-9-20(15-21)10-8-19(24)22(16-20)12-5-13-23/h2-3,6-7,23H,4-5,8-16H2,1H3. The second-order valence-electron chi connectivity index (χ2n) is 7.52. The van der Waals surface area contributed by atoms with Gasteiger partial charge in [-0.2, -0.15) is 0 Å². The van der Waals surface area contributed by atoms with Crippen molar-refractivity contribution in [2.75, 3.05) is 39.0 Å². The summed E-state index contributed by atoms with van der Waals surface area (Å²) < 4.78 is 0. The molecule has 1 amide bonds. The van der Waals surface area contributed by atoms with Crippen LogP contribution in [0.2, 0.25) is 0 Å². The van der Waals surface area contributed by atoms with Crippen LogP contribution in [0.15, 0.2) is 29.2 Å². The van der Waals surface area contributed by atoms with Crippen LogP contribution in [0, 0.1) is 5.41 Å². The zero-order valence-electron chi connectivity index (χ0n) is 15.2. The number of hydrogen-bond acceptors (Lipinski definition) is 4. The summed E-state index contributed by atoms with van der Waals surface area (Å²) in [4.78, 5) is 18.2. The zero-order valence-corrected chi connectivity index (χ0v) is 16.1. The minimum absolute atomic E-state index is 0.161. The zero-order chi connectivity index (χ0) is 17.7. The summed E-state index contributed by atoms with van der Waals surface area (Å²) in [6.45, 7) is 4.96. The maximum Gasteiger partial charge on any atom is 0.222 e. The minimum Gasteiger partial charge on any atom is -0.396 e. The van der Waals surface area contributed by atoms with E-state index in [2.05, 4.69) is 35.4 Å². The number of benzene rings is 1. The Balaban J connectivity index is 1.66. The first-order valence-electron chi connectivity index (χ1n) is 9.39. The Morgan fingerprint density at radius 2 is 2.08 bits per heavy atom. The summed E-state index contributed by atoms with van der Waals surface area (Å²) >= 11 is 1.82. The van der Waals surface area contributed by atoms with E-state index in [1.54, 1.807) is 0 Å². The summed E-state index contributed by atoms with van der Waals surface area (Å²) in [6, 6.07) is 8.68. The molecular weight excluding hydrogens is 332 g/mol. The molecule has 1 N–H and O–H groups in total. The molecule has 0 aliphatic carbocycles. The molecule has 0 saturated carbocycles. The molecule has 3 rings (SSSR count). The van der Waals surface area contributed by atoms with Crippen molar-refractivity contribution in [3.8, 4) is 0 Å². The summed E-state index contributed by atoms with van der Waals surface area (Å²) in [5.41, 5.74) is 1.66. The third-order valence-corrected chi connectivity index (χ3v) is 6.50. The topological polar surface area (TPSA) is 43.8 Å². The molecule has 138 valence electrons. The molecule has 25 heavy (non-hydrogen) atoms. The van der Waals surface area contributed by atoms with Gasteiger partial charge in [-0.05, 0) is 50.1 Å². The van der Waals surface area contributed by atoms with Gasteiger partial charge in [0, 0.05) is 49.5 Å². The maximum absolute atomic E-state index is 12.2. The largest absolute Gasteiger partial charge is 0.396 e. The number of nitrogens with zero attached hydrogens (tertiary/aromatic N) is 2. The van der Waals surface area contributed by atoms with E-state index >= 15 is 0 Å². The van der Waals surface area contributed by atoms with Crippen molar-refractivity contribution in [1.82, 2.24) is 9.80 Å². The molecule has 2 fully saturated rings. The van der Waals surface area contributed by atoms with E-state index in [1.165, 1.54) is 23.3 Å². The van der Waals surface area contributed by atoms with Gasteiger partial charge in [-0.25, -0.2) is 0 Å². The Kier molecular flexibility index (Phi) is 6.42. The van der Waals surface area contributed by atoms with Crippen LogP contribution in [0.3, 0.4) is 0 Å². The third kappa shape index (κ3) is 4.57. The number of amides is 1. The van der Waals surface area contributed by atoms with E-state index in [4.69, 9.17) is 5.11 Å². The first-order valence-corrected chi connectivity index (χ1v) is 10.6. The number of carbonyl (C=O) groups excluding carboxylic acids is 1. The molecule has 2 saturated heterocycles. The molecule has 2 aliphatic heterocycles. The Hall–Kier alpha value is -1.04. The lowest BCUT2D eigenvalue weighted by Crippen LogP contribution is -2.54. The third-order valence-electron chi connectivity index (χ3n) is 5.66. The number of hydrogen-bond donors (Lipinski definition) is 1. The Bertz CT molecular complexity index is 595. The average Bonchev–Trinajstić information content (AvgIpc) is 2.63. The van der Waals surface area contributed by atoms with Gasteiger partial charge in [0.2, 0.25) is 5.91 Å². The highest BCUT2D eigenvalue weighted by molar-refractivity contribution is 7.98. The van der Waals surface area contributed by atoms with E-state index in [0.29, 0.717) is 19.4 Å². The smallest absolute Gasteiger partial charge is 0.222 e. The molecule has 2 aliphatic rings. The second-order valence-corrected chi connectivity index (χ2v) is 8.37. The predicted molar refractivity (Wildman–Crippen MR) is 103 cm³/mol. The lowest BCUT2D eigenvalue weighted by atomic mass is 9.73. The van der Waals surface area contributed by atoms with Crippen LogP contribution in [0.4, 0.5) is 0 Å². The molecule has 0 bridgehead atoms. The summed E-state index contributed by atoms with van der Waals surface area (Å²) in [6.07, 6.45) is 6.94. The Morgan fingerprint density at radius 3 is 2.88 bits per heavy atom. The quantitative estimate of drug-likeness (QED) is 0.790. The van der Waals surface area contributed by atoms with Gasteiger partial charge < -0.3 is 10.0 Å². The molecule has 1 spiro atoms. The number of thioether (sulfide) groups is 1. The molecule has 2 heterocycles. The maximum atomic E-state index is 12.2. The molecule has 4 nitrogen and oxygen atoms in total. The van der Waals surface area contributed by atoms with Crippen LogP contribution < -0.4 is 0 Å². The van der Waals surface area contributed by atoms with Crippen LogP contribution in [-0.4, -0.2) is 59.9 Å². The van der Waals surface area contributed by atoms with Crippen molar-refractivity contribution in [1.29, 1.82) is 0 Å². The van der Waals surface area contributed by atoms with Crippen LogP contribution in [0.5, 0.6) is 0 Å². The van der Waals surface area contributed by atoms with Crippen molar-refractivity contribution in [3.05, 3.63) is 29.8 Å². The number of rotatable bonds is 6. The number of aliphatic hydroxyl groups is 1. The van der Waals surface area contributed by atoms with Gasteiger partial charge in [-0.3, -0.25) is 9.69 Å². The second kappa shape index (κ2) is 8.56. The van der Waals surface area contributed by atoms with Crippen molar-refractivity contribution in [3.63, 3.8) is 0 Å². The van der Waals surface area contributed by atoms with Crippen molar-refractivity contribution in [2.24, 2.45) is 5.41 Å². The number of piperidine rings is 2. The number of likely N-dealkylation sites (tertiary alicyclic amines) is 2. The van der Waals surface area contributed by atoms with E-state index in [9.17, 15) is 4.79 Å². The van der Waals surface area contributed by atoms with Crippen molar-refractivity contribution < 1.29 is 9.90 Å². The van der Waals surface area contributed by atoms with Crippen molar-refractivity contribution in [2.45, 2.75) is 43.5 Å². The Labute approximate surface area is 155 Å². The highest BCUT2D eigenvalue weighted by atomic mass is 32.2. The SMILES string of the molecule is CSc1ccccc1CN1CCCC2(CCC(=O)N(CCCO)C2)C1. The fourth-order valence-electron chi connectivity index (χ4n) is 4.42. The summed E-state index contributed by atoms with van der Waals surface area (Å²) in [5, 5.41) is 9.09. The van der Waals surface area contributed by atoms with E-state index in [0.717, 1.165) is 32.6 Å². The fourth-order valence-corrected chi connectivity index (χ4v) is 5.03. The van der Waals surface area contributed by atoms with Gasteiger partial charge in [-0.1, -0.05) is 18.2 Å². The first kappa shape index (κ1) is 18.7. The minimum atomic E-state index is 0.161. The monoisotopic (exact) mass is 362 g/mol. The van der Waals surface area contributed by atoms with Gasteiger partial charge in [0.25, 0.3) is 0 Å². The normalized spacial score (nSPS) is 24.9. The van der Waals surface area contributed by atoms with Crippen molar-refractivity contribution >= 4 is 17.7 Å². The molecule has 1 aromatic rings. The highest BCUT2D eigenvalue weighted by Gasteiger charge is 2.41. The molecular formula is C20H30N2O2S. The number of aliphatic hydroxyl groups excluding tert-OH is 1. The van der Waals surface area contributed by atoms with Gasteiger partial charge in [0.1, 0.15) is 0 Å². The first-order chi connectivity index (χ1) is 12.2. The van der Waals surface area contributed by atoms with Gasteiger partial charge in [0.15, 0.2) is 0 Å². The molecule has 0 radical (unpaired) electrons. The predicted octanol–water partition coefficient (Wildman–Crippen LogP) is 3.00. The van der Waals surface area contributed by atoms with Crippen LogP contribution >= 0.6 is 11.8 Å². The van der Waals surface area contributed by atoms with Crippen LogP contribution in [0.25, 0.3) is 0 Å². The molecule has 1 aromatic carbocycles. The van der Waals surface area contributed by atoms with Crippen LogP contribution in [-0.2, 0) is 11.3 Å². The van der Waals surface area contributed by atoms with Gasteiger partial charge in [0.05, 0.1) is 0 Å². The Morgan fingerprint density at radius 1 is 1.24 bits per heavy atom. The van der Waals surface area contributed by atoms with E-state index in [1.807, 2.05) is 16.7 Å². The molecule has 5 heteroatoms. The average molecular weight is 363 g/mol.